The summed E-state index contributed by atoms with van der Waals surface area (Å²) in [5, 5.41) is 8.09. The number of hydrazone groups is 1. The molecule has 2 heterocycles. The first-order valence-corrected chi connectivity index (χ1v) is 8.61. The van der Waals surface area contributed by atoms with E-state index in [4.69, 9.17) is 17.2 Å². The van der Waals surface area contributed by atoms with Gasteiger partial charge >= 0.3 is 0 Å². The summed E-state index contributed by atoms with van der Waals surface area (Å²) in [6.45, 7) is 1.90. The van der Waals surface area contributed by atoms with Crippen LogP contribution in [0.4, 0.5) is 10.1 Å². The molecule has 24 heavy (non-hydrogen) atoms. The number of anilines is 1. The van der Waals surface area contributed by atoms with Gasteiger partial charge in [0.2, 0.25) is 5.11 Å². The van der Waals surface area contributed by atoms with E-state index in [0.717, 1.165) is 10.7 Å². The third-order valence-corrected chi connectivity index (χ3v) is 4.95. The first kappa shape index (κ1) is 15.3. The van der Waals surface area contributed by atoms with Gasteiger partial charge in [-0.1, -0.05) is 36.4 Å². The van der Waals surface area contributed by atoms with Crippen molar-refractivity contribution in [2.45, 2.75) is 13.1 Å². The molecule has 0 unspecified atom stereocenters. The Kier molecular flexibility index (Phi) is 3.82. The SMILES string of the molecule is CC1=NN2C(=S)N(c3ccccc3)[C@@H](c3ccccc3F)N=C2S1. The molecule has 0 fully saturated rings. The van der Waals surface area contributed by atoms with Crippen molar-refractivity contribution in [1.82, 2.24) is 5.01 Å². The van der Waals surface area contributed by atoms with E-state index in [-0.39, 0.29) is 5.82 Å². The molecule has 0 saturated heterocycles. The molecule has 4 rings (SSSR count). The lowest BCUT2D eigenvalue weighted by Gasteiger charge is -2.37. The van der Waals surface area contributed by atoms with Gasteiger partial charge in [0.15, 0.2) is 11.3 Å². The number of thioether (sulfide) groups is 1. The number of nitrogens with zero attached hydrogens (tertiary/aromatic N) is 4. The summed E-state index contributed by atoms with van der Waals surface area (Å²) in [4.78, 5) is 6.56. The van der Waals surface area contributed by atoms with Crippen LogP contribution in [0.15, 0.2) is 64.7 Å². The second-order valence-electron chi connectivity index (χ2n) is 5.33. The van der Waals surface area contributed by atoms with Gasteiger partial charge in [0.05, 0.1) is 5.04 Å². The van der Waals surface area contributed by atoms with Crippen molar-refractivity contribution < 1.29 is 4.39 Å². The second-order valence-corrected chi connectivity index (χ2v) is 6.85. The van der Waals surface area contributed by atoms with Gasteiger partial charge in [0.1, 0.15) is 5.82 Å². The van der Waals surface area contributed by atoms with Crippen LogP contribution in [0.3, 0.4) is 0 Å². The standard InChI is InChI=1S/C17H13FN4S2/c1-11-20-22-16(24-11)19-15(13-9-5-6-10-14(13)18)21(17(22)23)12-7-3-2-4-8-12/h2-10,15H,1H3/t15-/m0/s1. The van der Waals surface area contributed by atoms with E-state index in [1.54, 1.807) is 23.2 Å². The molecule has 1 atom stereocenters. The van der Waals surface area contributed by atoms with Gasteiger partial charge in [-0.05, 0) is 49.1 Å². The molecule has 0 amide bonds. The zero-order chi connectivity index (χ0) is 16.7. The van der Waals surface area contributed by atoms with Crippen LogP contribution in [0.2, 0.25) is 0 Å². The quantitative estimate of drug-likeness (QED) is 0.748. The highest BCUT2D eigenvalue weighted by Gasteiger charge is 2.38. The fraction of sp³-hybridized carbons (Fsp3) is 0.118. The summed E-state index contributed by atoms with van der Waals surface area (Å²) in [5.74, 6) is -0.301. The highest BCUT2D eigenvalue weighted by Crippen LogP contribution is 2.38. The van der Waals surface area contributed by atoms with Crippen molar-refractivity contribution in [3.63, 3.8) is 0 Å². The van der Waals surface area contributed by atoms with E-state index < -0.39 is 6.17 Å². The van der Waals surface area contributed by atoms with Crippen molar-refractivity contribution in [3.8, 4) is 0 Å². The smallest absolute Gasteiger partial charge is 0.205 e. The predicted octanol–water partition coefficient (Wildman–Crippen LogP) is 4.37. The molecule has 4 nitrogen and oxygen atoms in total. The maximum atomic E-state index is 14.4. The molecule has 0 radical (unpaired) electrons. The van der Waals surface area contributed by atoms with Crippen LogP contribution in [-0.2, 0) is 0 Å². The summed E-state index contributed by atoms with van der Waals surface area (Å²) in [5.41, 5.74) is 1.34. The molecule has 2 aliphatic heterocycles. The van der Waals surface area contributed by atoms with E-state index in [2.05, 4.69) is 5.10 Å². The fourth-order valence-electron chi connectivity index (χ4n) is 2.69. The van der Waals surface area contributed by atoms with Gasteiger partial charge in [-0.25, -0.2) is 9.38 Å². The lowest BCUT2D eigenvalue weighted by atomic mass is 10.1. The Labute approximate surface area is 148 Å². The van der Waals surface area contributed by atoms with Crippen molar-refractivity contribution in [2.24, 2.45) is 10.1 Å². The number of halogens is 1. The van der Waals surface area contributed by atoms with Gasteiger partial charge in [-0.3, -0.25) is 4.90 Å². The Balaban J connectivity index is 1.88. The minimum atomic E-state index is -0.555. The number of hydrogen-bond acceptors (Lipinski definition) is 4. The maximum absolute atomic E-state index is 14.4. The average Bonchev–Trinajstić information content (AvgIpc) is 2.97. The molecule has 120 valence electrons. The summed E-state index contributed by atoms with van der Waals surface area (Å²) in [7, 11) is 0. The Bertz CT molecular complexity index is 866. The minimum absolute atomic E-state index is 0.301. The first-order chi connectivity index (χ1) is 11.6. The van der Waals surface area contributed by atoms with Crippen LogP contribution >= 0.6 is 24.0 Å². The van der Waals surface area contributed by atoms with Gasteiger partial charge in [-0.15, -0.1) is 0 Å². The van der Waals surface area contributed by atoms with Gasteiger partial charge < -0.3 is 0 Å². The number of rotatable bonds is 2. The van der Waals surface area contributed by atoms with Gasteiger partial charge in [0, 0.05) is 11.3 Å². The number of para-hydroxylation sites is 1. The highest BCUT2D eigenvalue weighted by molar-refractivity contribution is 8.26. The molecule has 2 aliphatic rings. The van der Waals surface area contributed by atoms with Crippen molar-refractivity contribution >= 4 is 45.0 Å². The molecule has 0 aromatic heterocycles. The topological polar surface area (TPSA) is 31.2 Å². The number of thiocarbonyl (C=S) groups is 1. The van der Waals surface area contributed by atoms with E-state index in [1.807, 2.05) is 42.2 Å². The largest absolute Gasteiger partial charge is 0.290 e. The molecule has 2 aromatic carbocycles. The molecule has 0 bridgehead atoms. The number of amidine groups is 1. The first-order valence-electron chi connectivity index (χ1n) is 7.39. The summed E-state index contributed by atoms with van der Waals surface area (Å²) in [6.07, 6.45) is -0.555. The molecular weight excluding hydrogens is 343 g/mol. The molecule has 0 N–H and O–H groups in total. The van der Waals surface area contributed by atoms with E-state index in [9.17, 15) is 4.39 Å². The molecule has 7 heteroatoms. The molecule has 0 spiro atoms. The van der Waals surface area contributed by atoms with E-state index in [0.29, 0.717) is 15.8 Å². The Morgan fingerprint density at radius 3 is 2.54 bits per heavy atom. The second kappa shape index (κ2) is 5.99. The Hall–Kier alpha value is -2.25. The monoisotopic (exact) mass is 356 g/mol. The summed E-state index contributed by atoms with van der Waals surface area (Å²) >= 11 is 7.09. The van der Waals surface area contributed by atoms with Crippen LogP contribution in [0.1, 0.15) is 18.7 Å². The molecule has 0 saturated carbocycles. The van der Waals surface area contributed by atoms with Crippen molar-refractivity contribution in [3.05, 3.63) is 66.0 Å². The molecule has 0 aliphatic carbocycles. The third-order valence-electron chi connectivity index (χ3n) is 3.74. The van der Waals surface area contributed by atoms with E-state index in [1.165, 1.54) is 17.8 Å². The lowest BCUT2D eigenvalue weighted by molar-refractivity contribution is 0.557. The number of benzene rings is 2. The lowest BCUT2D eigenvalue weighted by Crippen LogP contribution is -2.47. The zero-order valence-electron chi connectivity index (χ0n) is 12.8. The molecule has 2 aromatic rings. The number of fused-ring (bicyclic) bond motifs is 1. The Morgan fingerprint density at radius 1 is 1.08 bits per heavy atom. The average molecular weight is 356 g/mol. The van der Waals surface area contributed by atoms with Crippen LogP contribution in [0.25, 0.3) is 0 Å². The maximum Gasteiger partial charge on any atom is 0.205 e. The van der Waals surface area contributed by atoms with Crippen LogP contribution < -0.4 is 4.90 Å². The number of hydrogen-bond donors (Lipinski definition) is 0. The summed E-state index contributed by atoms with van der Waals surface area (Å²) in [6, 6.07) is 16.3. The normalized spacial score (nSPS) is 19.9. The summed E-state index contributed by atoms with van der Waals surface area (Å²) < 4.78 is 14.4. The van der Waals surface area contributed by atoms with E-state index >= 15 is 0 Å². The van der Waals surface area contributed by atoms with Crippen LogP contribution in [-0.4, -0.2) is 20.3 Å². The predicted molar refractivity (Wildman–Crippen MR) is 101 cm³/mol. The van der Waals surface area contributed by atoms with Crippen LogP contribution in [0, 0.1) is 5.82 Å². The highest BCUT2D eigenvalue weighted by atomic mass is 32.2. The fourth-order valence-corrected chi connectivity index (χ4v) is 3.83. The molecular formula is C17H13FN4S2. The minimum Gasteiger partial charge on any atom is -0.290 e. The zero-order valence-corrected chi connectivity index (χ0v) is 14.4. The van der Waals surface area contributed by atoms with Gasteiger partial charge in [0.25, 0.3) is 0 Å². The Morgan fingerprint density at radius 2 is 1.79 bits per heavy atom. The van der Waals surface area contributed by atoms with Crippen LogP contribution in [0.5, 0.6) is 0 Å². The third kappa shape index (κ3) is 2.50. The van der Waals surface area contributed by atoms with Crippen molar-refractivity contribution in [1.29, 1.82) is 0 Å². The number of aliphatic imine (C=N–C) groups is 1. The van der Waals surface area contributed by atoms with Gasteiger partial charge in [-0.2, -0.15) is 10.1 Å². The van der Waals surface area contributed by atoms with Crippen molar-refractivity contribution in [2.75, 3.05) is 4.90 Å².